The van der Waals surface area contributed by atoms with Crippen molar-refractivity contribution >= 4 is 43.1 Å². The smallest absolute Gasteiger partial charge is 0.344 e. The SMILES string of the molecule is O=C1C=C(OC(=O)c2ccc(S(=O)(=O)Cl)cc2Cl)CCC1. The molecule has 1 aliphatic rings. The van der Waals surface area contributed by atoms with E-state index in [1.54, 1.807) is 0 Å². The Hall–Kier alpha value is -1.37. The Bertz CT molecular complexity index is 737. The first-order chi connectivity index (χ1) is 9.77. The van der Waals surface area contributed by atoms with Crippen LogP contribution in [0.3, 0.4) is 0 Å². The molecule has 0 aliphatic heterocycles. The lowest BCUT2D eigenvalue weighted by atomic mass is 10.1. The summed E-state index contributed by atoms with van der Waals surface area (Å²) in [6.45, 7) is 0. The summed E-state index contributed by atoms with van der Waals surface area (Å²) < 4.78 is 27.4. The molecule has 0 saturated carbocycles. The predicted molar refractivity (Wildman–Crippen MR) is 76.8 cm³/mol. The number of rotatable bonds is 3. The maximum absolute atomic E-state index is 12.0. The lowest BCUT2D eigenvalue weighted by molar-refractivity contribution is -0.115. The van der Waals surface area contributed by atoms with Crippen molar-refractivity contribution in [2.24, 2.45) is 0 Å². The summed E-state index contributed by atoms with van der Waals surface area (Å²) in [6.07, 6.45) is 2.83. The van der Waals surface area contributed by atoms with Crippen LogP contribution < -0.4 is 0 Å². The summed E-state index contributed by atoms with van der Waals surface area (Å²) in [7, 11) is 1.26. The molecule has 0 fully saturated rings. The van der Waals surface area contributed by atoms with Gasteiger partial charge in [0, 0.05) is 29.6 Å². The van der Waals surface area contributed by atoms with Gasteiger partial charge in [0.2, 0.25) is 0 Å². The van der Waals surface area contributed by atoms with Gasteiger partial charge in [-0.25, -0.2) is 13.2 Å². The van der Waals surface area contributed by atoms with E-state index >= 15 is 0 Å². The average Bonchev–Trinajstić information content (AvgIpc) is 2.37. The van der Waals surface area contributed by atoms with Gasteiger partial charge in [-0.2, -0.15) is 0 Å². The van der Waals surface area contributed by atoms with Crippen LogP contribution >= 0.6 is 22.3 Å². The second-order valence-corrected chi connectivity index (χ2v) is 7.37. The molecule has 0 spiro atoms. The minimum atomic E-state index is -3.92. The van der Waals surface area contributed by atoms with Gasteiger partial charge in [-0.15, -0.1) is 0 Å². The molecule has 2 rings (SSSR count). The highest BCUT2D eigenvalue weighted by Crippen LogP contribution is 2.25. The average molecular weight is 349 g/mol. The minimum Gasteiger partial charge on any atom is -0.427 e. The zero-order valence-electron chi connectivity index (χ0n) is 10.6. The van der Waals surface area contributed by atoms with Crippen LogP contribution in [0.4, 0.5) is 0 Å². The zero-order chi connectivity index (χ0) is 15.6. The van der Waals surface area contributed by atoms with Gasteiger partial charge >= 0.3 is 5.97 Å². The molecule has 8 heteroatoms. The van der Waals surface area contributed by atoms with Gasteiger partial charge in [-0.05, 0) is 24.6 Å². The van der Waals surface area contributed by atoms with Crippen molar-refractivity contribution in [3.8, 4) is 0 Å². The Morgan fingerprint density at radius 1 is 1.24 bits per heavy atom. The third kappa shape index (κ3) is 4.06. The minimum absolute atomic E-state index is 0.000319. The lowest BCUT2D eigenvalue weighted by Gasteiger charge is -2.12. The second-order valence-electron chi connectivity index (χ2n) is 4.40. The van der Waals surface area contributed by atoms with Crippen molar-refractivity contribution in [2.75, 3.05) is 0 Å². The van der Waals surface area contributed by atoms with E-state index in [2.05, 4.69) is 0 Å². The van der Waals surface area contributed by atoms with Gasteiger partial charge in [0.25, 0.3) is 9.05 Å². The third-order valence-corrected chi connectivity index (χ3v) is 4.50. The van der Waals surface area contributed by atoms with Crippen molar-refractivity contribution in [3.05, 3.63) is 40.6 Å². The normalized spacial score (nSPS) is 15.5. The fourth-order valence-electron chi connectivity index (χ4n) is 1.83. The molecule has 0 atom stereocenters. The van der Waals surface area contributed by atoms with E-state index in [1.807, 2.05) is 0 Å². The van der Waals surface area contributed by atoms with Crippen LogP contribution in [0.5, 0.6) is 0 Å². The van der Waals surface area contributed by atoms with Crippen molar-refractivity contribution in [2.45, 2.75) is 24.2 Å². The van der Waals surface area contributed by atoms with Gasteiger partial charge in [0.1, 0.15) is 5.76 Å². The summed E-state index contributed by atoms with van der Waals surface area (Å²) in [4.78, 5) is 23.0. The lowest BCUT2D eigenvalue weighted by Crippen LogP contribution is -2.11. The number of hydrogen-bond donors (Lipinski definition) is 0. The van der Waals surface area contributed by atoms with Gasteiger partial charge in [0.05, 0.1) is 15.5 Å². The van der Waals surface area contributed by atoms with Crippen LogP contribution in [0, 0.1) is 0 Å². The van der Waals surface area contributed by atoms with Gasteiger partial charge in [-0.1, -0.05) is 11.6 Å². The Balaban J connectivity index is 2.22. The van der Waals surface area contributed by atoms with Crippen LogP contribution in [0.2, 0.25) is 5.02 Å². The molecule has 0 heterocycles. The summed E-state index contributed by atoms with van der Waals surface area (Å²) in [5.74, 6) is -0.570. The number of hydrogen-bond acceptors (Lipinski definition) is 5. The molecule has 21 heavy (non-hydrogen) atoms. The largest absolute Gasteiger partial charge is 0.427 e. The number of ether oxygens (including phenoxy) is 1. The van der Waals surface area contributed by atoms with Crippen LogP contribution in [-0.4, -0.2) is 20.2 Å². The third-order valence-electron chi connectivity index (χ3n) is 2.83. The first kappa shape index (κ1) is 16.0. The molecular formula is C13H10Cl2O5S. The standard InChI is InChI=1S/C13H10Cl2O5S/c14-12-7-10(21(15,18)19)4-5-11(12)13(17)20-9-3-1-2-8(16)6-9/h4-7H,1-3H2. The number of benzene rings is 1. The van der Waals surface area contributed by atoms with E-state index < -0.39 is 15.0 Å². The molecule has 5 nitrogen and oxygen atoms in total. The Labute approximate surface area is 130 Å². The number of carbonyl (C=O) groups is 2. The van der Waals surface area contributed by atoms with Crippen molar-refractivity contribution in [1.82, 2.24) is 0 Å². The number of esters is 1. The van der Waals surface area contributed by atoms with E-state index in [9.17, 15) is 18.0 Å². The highest BCUT2D eigenvalue weighted by molar-refractivity contribution is 8.13. The maximum Gasteiger partial charge on any atom is 0.344 e. The maximum atomic E-state index is 12.0. The van der Waals surface area contributed by atoms with E-state index in [1.165, 1.54) is 12.1 Å². The summed E-state index contributed by atoms with van der Waals surface area (Å²) in [5.41, 5.74) is -0.000319. The van der Waals surface area contributed by atoms with Crippen LogP contribution in [0.1, 0.15) is 29.6 Å². The molecule has 0 amide bonds. The van der Waals surface area contributed by atoms with Crippen LogP contribution in [-0.2, 0) is 18.6 Å². The predicted octanol–water partition coefficient (Wildman–Crippen LogP) is 3.06. The molecule has 1 aromatic rings. The quantitative estimate of drug-likeness (QED) is 0.619. The topological polar surface area (TPSA) is 77.5 Å². The van der Waals surface area contributed by atoms with Crippen molar-refractivity contribution < 1.29 is 22.7 Å². The molecule has 0 radical (unpaired) electrons. The van der Waals surface area contributed by atoms with E-state index in [4.69, 9.17) is 27.0 Å². The van der Waals surface area contributed by atoms with Gasteiger partial charge < -0.3 is 4.74 Å². The molecule has 1 aromatic carbocycles. The van der Waals surface area contributed by atoms with E-state index in [0.29, 0.717) is 19.3 Å². The Kier molecular flexibility index (Phi) is 4.70. The highest BCUT2D eigenvalue weighted by atomic mass is 35.7. The number of carbonyl (C=O) groups excluding carboxylic acids is 2. The molecule has 1 aliphatic carbocycles. The van der Waals surface area contributed by atoms with Gasteiger partial charge in [0.15, 0.2) is 5.78 Å². The molecule has 0 bridgehead atoms. The van der Waals surface area contributed by atoms with Crippen molar-refractivity contribution in [3.63, 3.8) is 0 Å². The molecule has 112 valence electrons. The fraction of sp³-hybridized carbons (Fsp3) is 0.231. The summed E-state index contributed by atoms with van der Waals surface area (Å²) >= 11 is 5.87. The fourth-order valence-corrected chi connectivity index (χ4v) is 2.93. The monoisotopic (exact) mass is 348 g/mol. The van der Waals surface area contributed by atoms with Crippen molar-refractivity contribution in [1.29, 1.82) is 0 Å². The number of ketones is 1. The van der Waals surface area contributed by atoms with Crippen LogP contribution in [0.25, 0.3) is 0 Å². The summed E-state index contributed by atoms with van der Waals surface area (Å²) in [6, 6.07) is 3.44. The molecule has 0 saturated heterocycles. The van der Waals surface area contributed by atoms with Gasteiger partial charge in [-0.3, -0.25) is 4.79 Å². The zero-order valence-corrected chi connectivity index (χ0v) is 13.0. The first-order valence-electron chi connectivity index (χ1n) is 5.97. The summed E-state index contributed by atoms with van der Waals surface area (Å²) in [5, 5.41) is -0.0931. The Morgan fingerprint density at radius 3 is 2.52 bits per heavy atom. The highest BCUT2D eigenvalue weighted by Gasteiger charge is 2.19. The van der Waals surface area contributed by atoms with Crippen LogP contribution in [0.15, 0.2) is 34.9 Å². The number of allylic oxidation sites excluding steroid dienone is 2. The molecular weight excluding hydrogens is 339 g/mol. The Morgan fingerprint density at radius 2 is 1.95 bits per heavy atom. The first-order valence-corrected chi connectivity index (χ1v) is 8.66. The molecule has 0 N–H and O–H groups in total. The number of halogens is 2. The van der Waals surface area contributed by atoms with E-state index in [-0.39, 0.29) is 27.0 Å². The molecule has 0 aromatic heterocycles. The molecule has 0 unspecified atom stereocenters. The second kappa shape index (κ2) is 6.17. The van der Waals surface area contributed by atoms with E-state index in [0.717, 1.165) is 12.1 Å².